The normalized spacial score (nSPS) is 10.7. The van der Waals surface area contributed by atoms with Gasteiger partial charge in [-0.3, -0.25) is 4.79 Å². The van der Waals surface area contributed by atoms with Gasteiger partial charge in [-0.1, -0.05) is 12.1 Å². The van der Waals surface area contributed by atoms with E-state index in [9.17, 15) is 10.1 Å². The zero-order chi connectivity index (χ0) is 19.6. The van der Waals surface area contributed by atoms with Gasteiger partial charge in [0.2, 0.25) is 0 Å². The van der Waals surface area contributed by atoms with E-state index in [4.69, 9.17) is 9.47 Å². The molecule has 0 radical (unpaired) electrons. The van der Waals surface area contributed by atoms with Crippen LogP contribution >= 0.6 is 0 Å². The molecule has 0 aliphatic carbocycles. The number of carbonyl (C=O) groups is 1. The fraction of sp³-hybridized carbons (Fsp3) is 0.238. The molecule has 6 nitrogen and oxygen atoms in total. The number of anilines is 1. The summed E-state index contributed by atoms with van der Waals surface area (Å²) in [4.78, 5) is 12.3. The van der Waals surface area contributed by atoms with Crippen LogP contribution < -0.4 is 20.1 Å². The van der Waals surface area contributed by atoms with Crippen LogP contribution in [0.15, 0.2) is 54.2 Å². The molecule has 0 fully saturated rings. The van der Waals surface area contributed by atoms with Crippen molar-refractivity contribution in [2.24, 2.45) is 0 Å². The van der Waals surface area contributed by atoms with Gasteiger partial charge >= 0.3 is 0 Å². The molecule has 2 aromatic rings. The molecule has 0 spiro atoms. The van der Waals surface area contributed by atoms with Gasteiger partial charge in [0, 0.05) is 18.4 Å². The highest BCUT2D eigenvalue weighted by atomic mass is 16.5. The summed E-state index contributed by atoms with van der Waals surface area (Å²) in [6.45, 7) is 4.74. The molecule has 0 saturated carbocycles. The van der Waals surface area contributed by atoms with Gasteiger partial charge < -0.3 is 20.1 Å². The van der Waals surface area contributed by atoms with Crippen molar-refractivity contribution in [3.8, 4) is 17.6 Å². The lowest BCUT2D eigenvalue weighted by Gasteiger charge is -2.10. The Morgan fingerprint density at radius 3 is 2.52 bits per heavy atom. The van der Waals surface area contributed by atoms with Crippen LogP contribution in [0.1, 0.15) is 11.1 Å². The monoisotopic (exact) mass is 365 g/mol. The van der Waals surface area contributed by atoms with Crippen molar-refractivity contribution in [1.29, 1.82) is 5.26 Å². The van der Waals surface area contributed by atoms with E-state index < -0.39 is 5.91 Å². The Hall–Kier alpha value is -3.46. The molecule has 140 valence electrons. The third-order valence-electron chi connectivity index (χ3n) is 4.04. The van der Waals surface area contributed by atoms with E-state index in [0.717, 1.165) is 22.6 Å². The number of carbonyl (C=O) groups excluding carboxylic acids is 1. The Balaban J connectivity index is 1.83. The second kappa shape index (κ2) is 9.88. The summed E-state index contributed by atoms with van der Waals surface area (Å²) >= 11 is 0. The summed E-state index contributed by atoms with van der Waals surface area (Å²) in [5.74, 6) is 1.03. The largest absolute Gasteiger partial charge is 0.497 e. The van der Waals surface area contributed by atoms with Crippen LogP contribution in [0.3, 0.4) is 0 Å². The van der Waals surface area contributed by atoms with Gasteiger partial charge in [-0.25, -0.2) is 0 Å². The van der Waals surface area contributed by atoms with Crippen LogP contribution in [0, 0.1) is 25.2 Å². The van der Waals surface area contributed by atoms with Crippen molar-refractivity contribution >= 4 is 11.6 Å². The minimum atomic E-state index is -0.449. The Morgan fingerprint density at radius 1 is 1.15 bits per heavy atom. The molecule has 0 atom stereocenters. The van der Waals surface area contributed by atoms with Gasteiger partial charge in [0.05, 0.1) is 7.11 Å². The van der Waals surface area contributed by atoms with E-state index >= 15 is 0 Å². The molecule has 6 heteroatoms. The van der Waals surface area contributed by atoms with Gasteiger partial charge in [0.15, 0.2) is 0 Å². The number of nitriles is 1. The smallest absolute Gasteiger partial charge is 0.267 e. The van der Waals surface area contributed by atoms with Crippen molar-refractivity contribution in [3.63, 3.8) is 0 Å². The maximum absolute atomic E-state index is 12.3. The van der Waals surface area contributed by atoms with E-state index in [0.29, 0.717) is 18.8 Å². The van der Waals surface area contributed by atoms with Gasteiger partial charge in [-0.15, -0.1) is 0 Å². The van der Waals surface area contributed by atoms with Gasteiger partial charge in [0.25, 0.3) is 5.91 Å². The van der Waals surface area contributed by atoms with Gasteiger partial charge in [0.1, 0.15) is 29.7 Å². The van der Waals surface area contributed by atoms with Crippen LogP contribution in [0.4, 0.5) is 5.69 Å². The van der Waals surface area contributed by atoms with Crippen molar-refractivity contribution in [2.45, 2.75) is 13.8 Å². The van der Waals surface area contributed by atoms with Crippen molar-refractivity contribution in [2.75, 3.05) is 25.6 Å². The first kappa shape index (κ1) is 19.9. The first-order valence-electron chi connectivity index (χ1n) is 8.53. The minimum absolute atomic E-state index is 0.000327. The van der Waals surface area contributed by atoms with Crippen molar-refractivity contribution in [3.05, 3.63) is 65.4 Å². The molecular weight excluding hydrogens is 342 g/mol. The van der Waals surface area contributed by atoms with E-state index in [2.05, 4.69) is 10.6 Å². The maximum atomic E-state index is 12.3. The molecule has 0 aromatic heterocycles. The molecule has 1 amide bonds. The maximum Gasteiger partial charge on any atom is 0.267 e. The number of hydrogen-bond donors (Lipinski definition) is 2. The number of amides is 1. The van der Waals surface area contributed by atoms with Crippen LogP contribution in [-0.2, 0) is 4.79 Å². The Labute approximate surface area is 159 Å². The lowest BCUT2D eigenvalue weighted by molar-refractivity contribution is -0.112. The fourth-order valence-corrected chi connectivity index (χ4v) is 2.30. The van der Waals surface area contributed by atoms with E-state index in [1.54, 1.807) is 7.11 Å². The van der Waals surface area contributed by atoms with Crippen molar-refractivity contribution < 1.29 is 14.3 Å². The van der Waals surface area contributed by atoms with E-state index in [-0.39, 0.29) is 5.57 Å². The van der Waals surface area contributed by atoms with Crippen LogP contribution in [0.2, 0.25) is 0 Å². The number of nitrogens with one attached hydrogen (secondary N) is 2. The van der Waals surface area contributed by atoms with Crippen LogP contribution in [0.5, 0.6) is 11.5 Å². The number of rotatable bonds is 8. The fourth-order valence-electron chi connectivity index (χ4n) is 2.30. The molecule has 2 N–H and O–H groups in total. The SMILES string of the molecule is COc1ccc(OCCN/C=C(/C#N)C(=O)Nc2cccc(C)c2C)cc1. The van der Waals surface area contributed by atoms with Gasteiger partial charge in [-0.2, -0.15) is 5.26 Å². The summed E-state index contributed by atoms with van der Waals surface area (Å²) in [7, 11) is 1.61. The average Bonchev–Trinajstić information content (AvgIpc) is 2.68. The first-order valence-corrected chi connectivity index (χ1v) is 8.53. The predicted molar refractivity (Wildman–Crippen MR) is 105 cm³/mol. The molecule has 0 bridgehead atoms. The van der Waals surface area contributed by atoms with E-state index in [1.807, 2.05) is 62.4 Å². The highest BCUT2D eigenvalue weighted by Crippen LogP contribution is 2.18. The Morgan fingerprint density at radius 2 is 1.85 bits per heavy atom. The number of methoxy groups -OCH3 is 1. The number of benzene rings is 2. The molecular formula is C21H23N3O3. The molecule has 2 aromatic carbocycles. The number of aryl methyl sites for hydroxylation is 1. The molecule has 2 rings (SSSR count). The van der Waals surface area contributed by atoms with Crippen molar-refractivity contribution in [1.82, 2.24) is 5.32 Å². The zero-order valence-electron chi connectivity index (χ0n) is 15.7. The average molecular weight is 365 g/mol. The first-order chi connectivity index (χ1) is 13.0. The number of ether oxygens (including phenoxy) is 2. The quantitative estimate of drug-likeness (QED) is 0.426. The molecule has 27 heavy (non-hydrogen) atoms. The highest BCUT2D eigenvalue weighted by Gasteiger charge is 2.11. The summed E-state index contributed by atoms with van der Waals surface area (Å²) in [6, 6.07) is 14.8. The summed E-state index contributed by atoms with van der Waals surface area (Å²) in [5.41, 5.74) is 2.75. The number of nitrogens with zero attached hydrogens (tertiary/aromatic N) is 1. The topological polar surface area (TPSA) is 83.4 Å². The summed E-state index contributed by atoms with van der Waals surface area (Å²) in [6.07, 6.45) is 1.40. The minimum Gasteiger partial charge on any atom is -0.497 e. The van der Waals surface area contributed by atoms with E-state index in [1.165, 1.54) is 6.20 Å². The summed E-state index contributed by atoms with van der Waals surface area (Å²) < 4.78 is 10.7. The zero-order valence-corrected chi connectivity index (χ0v) is 15.7. The number of hydrogen-bond acceptors (Lipinski definition) is 5. The van der Waals surface area contributed by atoms with Gasteiger partial charge in [-0.05, 0) is 55.3 Å². The predicted octanol–water partition coefficient (Wildman–Crippen LogP) is 3.33. The standard InChI is InChI=1S/C21H23N3O3/c1-15-5-4-6-20(16(15)2)24-21(25)17(13-22)14-23-11-12-27-19-9-7-18(26-3)8-10-19/h4-10,14,23H,11-12H2,1-3H3,(H,24,25)/b17-14-. The lowest BCUT2D eigenvalue weighted by atomic mass is 10.1. The third kappa shape index (κ3) is 5.79. The highest BCUT2D eigenvalue weighted by molar-refractivity contribution is 6.06. The Kier molecular flexibility index (Phi) is 7.26. The molecule has 0 heterocycles. The van der Waals surface area contributed by atoms with Crippen LogP contribution in [0.25, 0.3) is 0 Å². The molecule has 0 aliphatic rings. The lowest BCUT2D eigenvalue weighted by Crippen LogP contribution is -2.20. The Bertz CT molecular complexity index is 852. The molecule has 0 aliphatic heterocycles. The summed E-state index contributed by atoms with van der Waals surface area (Å²) in [5, 5.41) is 14.9. The second-order valence-electron chi connectivity index (χ2n) is 5.85. The third-order valence-corrected chi connectivity index (χ3v) is 4.04. The van der Waals surface area contributed by atoms with Crippen LogP contribution in [-0.4, -0.2) is 26.2 Å². The second-order valence-corrected chi connectivity index (χ2v) is 5.85. The molecule has 0 saturated heterocycles. The molecule has 0 unspecified atom stereocenters.